The Morgan fingerprint density at radius 1 is 1.53 bits per heavy atom. The van der Waals surface area contributed by atoms with E-state index in [9.17, 15) is 0 Å². The fraction of sp³-hybridized carbons (Fsp3) is 0.727. The lowest BCUT2D eigenvalue weighted by molar-refractivity contribution is 0.0848. The van der Waals surface area contributed by atoms with E-state index in [1.807, 2.05) is 7.05 Å². The Kier molecular flexibility index (Phi) is 2.83. The largest absolute Gasteiger partial charge is 0.376 e. The van der Waals surface area contributed by atoms with Gasteiger partial charge in [-0.15, -0.1) is 11.3 Å². The standard InChI is InChI=1S/C11H18N2OS/c1-7-8(2)15-10(13-7)11(12-4)5-6-14-9(11)3/h9,12H,5-6H2,1-4H3. The molecule has 3 nitrogen and oxygen atoms in total. The maximum absolute atomic E-state index is 5.67. The number of nitrogens with zero attached hydrogens (tertiary/aromatic N) is 1. The van der Waals surface area contributed by atoms with Crippen LogP contribution in [0.4, 0.5) is 0 Å². The molecular weight excluding hydrogens is 208 g/mol. The number of hydrogen-bond donors (Lipinski definition) is 1. The molecule has 1 saturated heterocycles. The summed E-state index contributed by atoms with van der Waals surface area (Å²) < 4.78 is 5.67. The van der Waals surface area contributed by atoms with Gasteiger partial charge in [0.2, 0.25) is 0 Å². The maximum Gasteiger partial charge on any atom is 0.116 e. The van der Waals surface area contributed by atoms with Crippen LogP contribution in [-0.2, 0) is 10.3 Å². The van der Waals surface area contributed by atoms with Gasteiger partial charge in [0.05, 0.1) is 17.3 Å². The molecule has 1 fully saturated rings. The molecule has 4 heteroatoms. The van der Waals surface area contributed by atoms with Gasteiger partial charge in [-0.05, 0) is 34.2 Å². The lowest BCUT2D eigenvalue weighted by Gasteiger charge is -2.29. The first-order chi connectivity index (χ1) is 7.10. The van der Waals surface area contributed by atoms with Gasteiger partial charge in [-0.2, -0.15) is 0 Å². The molecule has 2 atom stereocenters. The van der Waals surface area contributed by atoms with Gasteiger partial charge in [0.15, 0.2) is 0 Å². The van der Waals surface area contributed by atoms with Gasteiger partial charge in [-0.25, -0.2) is 4.98 Å². The van der Waals surface area contributed by atoms with Gasteiger partial charge in [0, 0.05) is 11.5 Å². The number of nitrogens with one attached hydrogen (secondary N) is 1. The zero-order valence-corrected chi connectivity index (χ0v) is 10.6. The van der Waals surface area contributed by atoms with Crippen LogP contribution in [0.25, 0.3) is 0 Å². The minimum atomic E-state index is -0.0658. The van der Waals surface area contributed by atoms with Crippen LogP contribution in [0.3, 0.4) is 0 Å². The molecule has 1 aromatic rings. The highest BCUT2D eigenvalue weighted by Crippen LogP contribution is 2.38. The van der Waals surface area contributed by atoms with Crippen molar-refractivity contribution < 1.29 is 4.74 Å². The second-order valence-electron chi connectivity index (χ2n) is 4.14. The van der Waals surface area contributed by atoms with Crippen LogP contribution in [0.5, 0.6) is 0 Å². The SMILES string of the molecule is CNC1(c2nc(C)c(C)s2)CCOC1C. The number of aromatic nitrogens is 1. The molecule has 15 heavy (non-hydrogen) atoms. The number of likely N-dealkylation sites (N-methyl/N-ethyl adjacent to an activating group) is 1. The van der Waals surface area contributed by atoms with Crippen molar-refractivity contribution in [2.45, 2.75) is 38.8 Å². The monoisotopic (exact) mass is 226 g/mol. The summed E-state index contributed by atoms with van der Waals surface area (Å²) in [7, 11) is 2.00. The first-order valence-electron chi connectivity index (χ1n) is 5.35. The lowest BCUT2D eigenvalue weighted by atomic mass is 9.93. The number of ether oxygens (including phenoxy) is 1. The molecular formula is C11H18N2OS. The van der Waals surface area contributed by atoms with E-state index in [0.717, 1.165) is 18.7 Å². The van der Waals surface area contributed by atoms with Crippen molar-refractivity contribution in [3.05, 3.63) is 15.6 Å². The third-order valence-electron chi connectivity index (χ3n) is 3.41. The third-order valence-corrected chi connectivity index (χ3v) is 4.66. The maximum atomic E-state index is 5.67. The summed E-state index contributed by atoms with van der Waals surface area (Å²) in [6.45, 7) is 7.13. The van der Waals surface area contributed by atoms with E-state index in [1.54, 1.807) is 11.3 Å². The highest BCUT2D eigenvalue weighted by molar-refractivity contribution is 7.11. The van der Waals surface area contributed by atoms with Crippen molar-refractivity contribution in [2.24, 2.45) is 0 Å². The van der Waals surface area contributed by atoms with Gasteiger partial charge < -0.3 is 10.1 Å². The van der Waals surface area contributed by atoms with Crippen LogP contribution in [-0.4, -0.2) is 24.7 Å². The summed E-state index contributed by atoms with van der Waals surface area (Å²) in [5.41, 5.74) is 1.08. The average molecular weight is 226 g/mol. The van der Waals surface area contributed by atoms with E-state index in [-0.39, 0.29) is 11.6 Å². The van der Waals surface area contributed by atoms with Crippen molar-refractivity contribution in [2.75, 3.05) is 13.7 Å². The summed E-state index contributed by atoms with van der Waals surface area (Å²) in [5.74, 6) is 0. The number of thiazole rings is 1. The van der Waals surface area contributed by atoms with E-state index in [1.165, 1.54) is 9.88 Å². The summed E-state index contributed by atoms with van der Waals surface area (Å²) in [5, 5.41) is 4.58. The van der Waals surface area contributed by atoms with Gasteiger partial charge in [-0.3, -0.25) is 0 Å². The van der Waals surface area contributed by atoms with E-state index < -0.39 is 0 Å². The molecule has 0 saturated carbocycles. The Hall–Kier alpha value is -0.450. The normalized spacial score (nSPS) is 31.1. The number of rotatable bonds is 2. The first kappa shape index (κ1) is 11.0. The molecule has 0 aromatic carbocycles. The molecule has 2 heterocycles. The molecule has 1 aliphatic heterocycles. The van der Waals surface area contributed by atoms with E-state index in [0.29, 0.717) is 0 Å². The minimum Gasteiger partial charge on any atom is -0.376 e. The molecule has 0 radical (unpaired) electrons. The van der Waals surface area contributed by atoms with Crippen LogP contribution < -0.4 is 5.32 Å². The van der Waals surface area contributed by atoms with Crippen molar-refractivity contribution in [1.82, 2.24) is 10.3 Å². The van der Waals surface area contributed by atoms with E-state index in [4.69, 9.17) is 4.74 Å². The number of hydrogen-bond acceptors (Lipinski definition) is 4. The van der Waals surface area contributed by atoms with Crippen molar-refractivity contribution in [3.63, 3.8) is 0 Å². The molecule has 0 aliphatic carbocycles. The molecule has 2 unspecified atom stereocenters. The van der Waals surface area contributed by atoms with Gasteiger partial charge in [0.25, 0.3) is 0 Å². The minimum absolute atomic E-state index is 0.0658. The first-order valence-corrected chi connectivity index (χ1v) is 6.17. The molecule has 1 aromatic heterocycles. The van der Waals surface area contributed by atoms with E-state index in [2.05, 4.69) is 31.1 Å². The van der Waals surface area contributed by atoms with Crippen LogP contribution in [0.15, 0.2) is 0 Å². The second-order valence-corrected chi connectivity index (χ2v) is 5.35. The topological polar surface area (TPSA) is 34.2 Å². The Labute approximate surface area is 94.9 Å². The number of aryl methyl sites for hydroxylation is 2. The molecule has 1 aliphatic rings. The van der Waals surface area contributed by atoms with Gasteiger partial charge in [-0.1, -0.05) is 0 Å². The van der Waals surface area contributed by atoms with Crippen molar-refractivity contribution in [1.29, 1.82) is 0 Å². The molecule has 0 bridgehead atoms. The third kappa shape index (κ3) is 1.61. The van der Waals surface area contributed by atoms with Gasteiger partial charge in [0.1, 0.15) is 5.01 Å². The Balaban J connectivity index is 2.41. The fourth-order valence-corrected chi connectivity index (χ4v) is 3.34. The average Bonchev–Trinajstić information content (AvgIpc) is 2.73. The molecule has 1 N–H and O–H groups in total. The fourth-order valence-electron chi connectivity index (χ4n) is 2.12. The molecule has 0 spiro atoms. The van der Waals surface area contributed by atoms with E-state index >= 15 is 0 Å². The van der Waals surface area contributed by atoms with Crippen molar-refractivity contribution in [3.8, 4) is 0 Å². The van der Waals surface area contributed by atoms with Crippen LogP contribution >= 0.6 is 11.3 Å². The van der Waals surface area contributed by atoms with Crippen LogP contribution in [0.1, 0.15) is 28.9 Å². The summed E-state index contributed by atoms with van der Waals surface area (Å²) >= 11 is 1.79. The smallest absolute Gasteiger partial charge is 0.116 e. The van der Waals surface area contributed by atoms with Crippen molar-refractivity contribution >= 4 is 11.3 Å². The predicted molar refractivity (Wildman–Crippen MR) is 62.4 cm³/mol. The molecule has 2 rings (SSSR count). The molecule has 0 amide bonds. The second kappa shape index (κ2) is 3.85. The highest BCUT2D eigenvalue weighted by atomic mass is 32.1. The van der Waals surface area contributed by atoms with Gasteiger partial charge >= 0.3 is 0 Å². The lowest BCUT2D eigenvalue weighted by Crippen LogP contribution is -2.45. The summed E-state index contributed by atoms with van der Waals surface area (Å²) in [4.78, 5) is 5.97. The highest BCUT2D eigenvalue weighted by Gasteiger charge is 2.44. The summed E-state index contributed by atoms with van der Waals surface area (Å²) in [6, 6.07) is 0. The zero-order valence-electron chi connectivity index (χ0n) is 9.76. The zero-order chi connectivity index (χ0) is 11.1. The Morgan fingerprint density at radius 3 is 2.67 bits per heavy atom. The Bertz CT molecular complexity index is 344. The summed E-state index contributed by atoms with van der Waals surface area (Å²) in [6.07, 6.45) is 1.21. The van der Waals surface area contributed by atoms with Crippen LogP contribution in [0.2, 0.25) is 0 Å². The predicted octanol–water partition coefficient (Wildman–Crippen LogP) is 1.98. The Morgan fingerprint density at radius 2 is 2.27 bits per heavy atom. The van der Waals surface area contributed by atoms with Crippen LogP contribution in [0, 0.1) is 13.8 Å². The quantitative estimate of drug-likeness (QED) is 0.837. The molecule has 84 valence electrons.